The number of benzene rings is 7. The van der Waals surface area contributed by atoms with Gasteiger partial charge in [-0.3, -0.25) is 0 Å². The monoisotopic (exact) mass is 591 g/mol. The molecule has 2 heterocycles. The second-order valence-corrected chi connectivity index (χ2v) is 15.4. The van der Waals surface area contributed by atoms with Gasteiger partial charge in [-0.25, -0.2) is 0 Å². The molecule has 0 amide bonds. The SMILES string of the molecule is c1ccc(-n2c3ccccc3c3c([Si](c4ccccc4)(c4ccccc4)c4ccc5c(c4)oc4ccccc45)cccc32)cc1. The fourth-order valence-electron chi connectivity index (χ4n) is 7.49. The summed E-state index contributed by atoms with van der Waals surface area (Å²) in [5.74, 6) is 0. The van der Waals surface area contributed by atoms with Crippen LogP contribution in [-0.2, 0) is 0 Å². The van der Waals surface area contributed by atoms with Gasteiger partial charge >= 0.3 is 0 Å². The summed E-state index contributed by atoms with van der Waals surface area (Å²) >= 11 is 0. The molecule has 2 nitrogen and oxygen atoms in total. The third-order valence-electron chi connectivity index (χ3n) is 9.34. The minimum Gasteiger partial charge on any atom is -0.456 e. The number of aromatic nitrogens is 1. The zero-order chi connectivity index (χ0) is 29.8. The van der Waals surface area contributed by atoms with E-state index in [0.29, 0.717) is 0 Å². The molecule has 9 rings (SSSR count). The highest BCUT2D eigenvalue weighted by Gasteiger charge is 2.43. The van der Waals surface area contributed by atoms with E-state index in [1.165, 1.54) is 42.6 Å². The smallest absolute Gasteiger partial charge is 0.180 e. The Bertz CT molecular complexity index is 2440. The van der Waals surface area contributed by atoms with Crippen LogP contribution in [0.5, 0.6) is 0 Å². The third kappa shape index (κ3) is 3.81. The van der Waals surface area contributed by atoms with Gasteiger partial charge in [0, 0.05) is 27.2 Å². The Morgan fingerprint density at radius 2 is 0.978 bits per heavy atom. The molecular formula is C42H29NOSi. The van der Waals surface area contributed by atoms with Crippen LogP contribution in [0.4, 0.5) is 0 Å². The Labute approximate surface area is 262 Å². The maximum Gasteiger partial charge on any atom is 0.180 e. The Kier molecular flexibility index (Phi) is 5.87. The first-order valence-electron chi connectivity index (χ1n) is 15.4. The fraction of sp³-hybridized carbons (Fsp3) is 0. The van der Waals surface area contributed by atoms with Gasteiger partial charge in [-0.1, -0.05) is 140 Å². The molecule has 0 saturated heterocycles. The van der Waals surface area contributed by atoms with Crippen molar-refractivity contribution in [1.82, 2.24) is 4.57 Å². The lowest BCUT2D eigenvalue weighted by Crippen LogP contribution is -2.74. The van der Waals surface area contributed by atoms with Crippen molar-refractivity contribution >= 4 is 72.6 Å². The van der Waals surface area contributed by atoms with Crippen molar-refractivity contribution in [2.24, 2.45) is 0 Å². The van der Waals surface area contributed by atoms with Crippen LogP contribution in [0.3, 0.4) is 0 Å². The van der Waals surface area contributed by atoms with E-state index < -0.39 is 8.07 Å². The van der Waals surface area contributed by atoms with Crippen molar-refractivity contribution in [3.05, 3.63) is 176 Å². The van der Waals surface area contributed by atoms with E-state index in [1.54, 1.807) is 0 Å². The number of hydrogen-bond acceptors (Lipinski definition) is 1. The number of fused-ring (bicyclic) bond motifs is 6. The predicted molar refractivity (Wildman–Crippen MR) is 192 cm³/mol. The Balaban J connectivity index is 1.47. The molecule has 3 heteroatoms. The summed E-state index contributed by atoms with van der Waals surface area (Å²) in [7, 11) is -2.91. The molecule has 0 bridgehead atoms. The molecule has 45 heavy (non-hydrogen) atoms. The molecule has 0 aliphatic heterocycles. The first-order valence-corrected chi connectivity index (χ1v) is 17.4. The van der Waals surface area contributed by atoms with Crippen molar-refractivity contribution in [2.75, 3.05) is 0 Å². The molecule has 0 aliphatic rings. The normalized spacial score (nSPS) is 12.0. The van der Waals surface area contributed by atoms with Gasteiger partial charge in [0.25, 0.3) is 0 Å². The van der Waals surface area contributed by atoms with Gasteiger partial charge in [-0.15, -0.1) is 0 Å². The molecule has 0 N–H and O–H groups in total. The summed E-state index contributed by atoms with van der Waals surface area (Å²) in [6.45, 7) is 0. The molecule has 0 atom stereocenters. The minimum absolute atomic E-state index is 0.921. The maximum absolute atomic E-state index is 6.53. The summed E-state index contributed by atoms with van der Waals surface area (Å²) in [6, 6.07) is 64.1. The molecular weight excluding hydrogens is 563 g/mol. The highest BCUT2D eigenvalue weighted by Crippen LogP contribution is 2.33. The topological polar surface area (TPSA) is 18.1 Å². The van der Waals surface area contributed by atoms with E-state index in [1.807, 2.05) is 6.07 Å². The van der Waals surface area contributed by atoms with Crippen LogP contribution in [0, 0.1) is 0 Å². The van der Waals surface area contributed by atoms with Crippen LogP contribution in [0.1, 0.15) is 0 Å². The van der Waals surface area contributed by atoms with Crippen LogP contribution in [0.2, 0.25) is 0 Å². The van der Waals surface area contributed by atoms with Gasteiger partial charge in [0.2, 0.25) is 0 Å². The molecule has 0 unspecified atom stereocenters. The summed E-state index contributed by atoms with van der Waals surface area (Å²) < 4.78 is 8.96. The summed E-state index contributed by atoms with van der Waals surface area (Å²) in [5.41, 5.74) is 5.44. The number of rotatable bonds is 5. The molecule has 0 saturated carbocycles. The van der Waals surface area contributed by atoms with E-state index in [4.69, 9.17) is 4.42 Å². The van der Waals surface area contributed by atoms with Crippen LogP contribution in [0.25, 0.3) is 49.4 Å². The summed E-state index contributed by atoms with van der Waals surface area (Å²) in [6.07, 6.45) is 0. The lowest BCUT2D eigenvalue weighted by Gasteiger charge is -2.35. The maximum atomic E-state index is 6.53. The van der Waals surface area contributed by atoms with Gasteiger partial charge in [-0.05, 0) is 57.1 Å². The lowest BCUT2D eigenvalue weighted by molar-refractivity contribution is 0.669. The van der Waals surface area contributed by atoms with Crippen LogP contribution in [-0.4, -0.2) is 12.6 Å². The zero-order valence-corrected chi connectivity index (χ0v) is 25.6. The van der Waals surface area contributed by atoms with E-state index in [-0.39, 0.29) is 0 Å². The quantitative estimate of drug-likeness (QED) is 0.146. The van der Waals surface area contributed by atoms with Gasteiger partial charge in [-0.2, -0.15) is 0 Å². The first kappa shape index (κ1) is 25.8. The highest BCUT2D eigenvalue weighted by atomic mass is 28.3. The average molecular weight is 592 g/mol. The van der Waals surface area contributed by atoms with Crippen molar-refractivity contribution in [2.45, 2.75) is 0 Å². The van der Waals surface area contributed by atoms with Gasteiger partial charge in [0.15, 0.2) is 8.07 Å². The number of nitrogens with zero attached hydrogens (tertiary/aromatic N) is 1. The van der Waals surface area contributed by atoms with Crippen molar-refractivity contribution < 1.29 is 4.42 Å². The minimum atomic E-state index is -2.91. The second-order valence-electron chi connectivity index (χ2n) is 11.7. The molecule has 7 aromatic carbocycles. The Hall–Kier alpha value is -5.64. The zero-order valence-electron chi connectivity index (χ0n) is 24.6. The largest absolute Gasteiger partial charge is 0.456 e. The number of furan rings is 1. The Morgan fingerprint density at radius 3 is 1.71 bits per heavy atom. The average Bonchev–Trinajstić information content (AvgIpc) is 3.66. The number of para-hydroxylation sites is 3. The van der Waals surface area contributed by atoms with E-state index in [9.17, 15) is 0 Å². The van der Waals surface area contributed by atoms with E-state index in [0.717, 1.165) is 27.6 Å². The van der Waals surface area contributed by atoms with Crippen molar-refractivity contribution in [1.29, 1.82) is 0 Å². The number of hydrogen-bond donors (Lipinski definition) is 0. The molecule has 0 aliphatic carbocycles. The summed E-state index contributed by atoms with van der Waals surface area (Å²) in [5, 5.41) is 10.2. The third-order valence-corrected chi connectivity index (χ3v) is 14.1. The van der Waals surface area contributed by atoms with Crippen LogP contribution in [0.15, 0.2) is 180 Å². The predicted octanol–water partition coefficient (Wildman–Crippen LogP) is 8.06. The van der Waals surface area contributed by atoms with Crippen LogP contribution >= 0.6 is 0 Å². The van der Waals surface area contributed by atoms with E-state index >= 15 is 0 Å². The highest BCUT2D eigenvalue weighted by molar-refractivity contribution is 7.21. The van der Waals surface area contributed by atoms with Crippen LogP contribution < -0.4 is 20.7 Å². The standard InChI is InChI=1S/C42H29NOSi/c1-4-15-30(16-5-1)43-37-23-12-10-22-36(37)42-38(43)24-14-26-41(42)45(31-17-6-2-7-18-31,32-19-8-3-9-20-32)33-27-28-35-34-21-11-13-25-39(34)44-40(35)29-33/h1-29H. The molecule has 0 fully saturated rings. The van der Waals surface area contributed by atoms with E-state index in [2.05, 4.69) is 174 Å². The van der Waals surface area contributed by atoms with Crippen molar-refractivity contribution in [3.63, 3.8) is 0 Å². The lowest BCUT2D eigenvalue weighted by atomic mass is 10.1. The Morgan fingerprint density at radius 1 is 0.400 bits per heavy atom. The van der Waals surface area contributed by atoms with Gasteiger partial charge in [0.05, 0.1) is 11.0 Å². The summed E-state index contributed by atoms with van der Waals surface area (Å²) in [4.78, 5) is 0. The first-order chi connectivity index (χ1) is 22.3. The fourth-order valence-corrected chi connectivity index (χ4v) is 12.5. The van der Waals surface area contributed by atoms with Crippen molar-refractivity contribution in [3.8, 4) is 5.69 Å². The second kappa shape index (κ2) is 10.2. The molecule has 0 spiro atoms. The molecule has 212 valence electrons. The molecule has 9 aromatic rings. The van der Waals surface area contributed by atoms with Gasteiger partial charge < -0.3 is 8.98 Å². The van der Waals surface area contributed by atoms with Gasteiger partial charge in [0.1, 0.15) is 11.2 Å². The molecule has 2 aromatic heterocycles. The molecule has 0 radical (unpaired) electrons.